The minimum Gasteiger partial charge on any atom is -0.495 e. The number of methoxy groups -OCH3 is 1. The maximum absolute atomic E-state index is 13.8. The number of halogens is 1. The lowest BCUT2D eigenvalue weighted by Crippen LogP contribution is -2.64. The van der Waals surface area contributed by atoms with Crippen molar-refractivity contribution in [1.82, 2.24) is 15.6 Å². The molecule has 0 unspecified atom stereocenters. The number of amides is 3. The second kappa shape index (κ2) is 10.2. The zero-order valence-electron chi connectivity index (χ0n) is 20.6. The van der Waals surface area contributed by atoms with Gasteiger partial charge in [-0.25, -0.2) is 0 Å². The van der Waals surface area contributed by atoms with Crippen LogP contribution in [0.4, 0.5) is 0 Å². The topological polar surface area (TPSA) is 126 Å². The number of carbonyl (C=O) groups excluding carboxylic acids is 3. The van der Waals surface area contributed by atoms with Gasteiger partial charge in [-0.05, 0) is 48.1 Å². The summed E-state index contributed by atoms with van der Waals surface area (Å²) < 4.78 is 5.51. The molecule has 1 aliphatic rings. The van der Waals surface area contributed by atoms with Gasteiger partial charge >= 0.3 is 0 Å². The Balaban J connectivity index is 1.69. The first kappa shape index (κ1) is 25.6. The van der Waals surface area contributed by atoms with Gasteiger partial charge in [0, 0.05) is 22.5 Å². The first-order valence-corrected chi connectivity index (χ1v) is 12.3. The van der Waals surface area contributed by atoms with E-state index < -0.39 is 23.4 Å². The van der Waals surface area contributed by atoms with Crippen molar-refractivity contribution < 1.29 is 19.1 Å². The van der Waals surface area contributed by atoms with E-state index in [1.807, 2.05) is 32.0 Å². The summed E-state index contributed by atoms with van der Waals surface area (Å²) in [7, 11) is 1.61. The number of aryl methyl sites for hydroxylation is 1. The van der Waals surface area contributed by atoms with Crippen LogP contribution < -0.4 is 21.1 Å². The Morgan fingerprint density at radius 3 is 2.53 bits per heavy atom. The van der Waals surface area contributed by atoms with Gasteiger partial charge in [0.2, 0.25) is 17.7 Å². The number of hydrogen-bond acceptors (Lipinski definition) is 4. The highest BCUT2D eigenvalue weighted by Gasteiger charge is 2.45. The summed E-state index contributed by atoms with van der Waals surface area (Å²) in [5.41, 5.74) is 7.89. The maximum Gasteiger partial charge on any atom is 0.246 e. The fourth-order valence-electron chi connectivity index (χ4n) is 4.92. The summed E-state index contributed by atoms with van der Waals surface area (Å²) in [6, 6.07) is 11.9. The first-order chi connectivity index (χ1) is 17.1. The molecule has 190 valence electrons. The Morgan fingerprint density at radius 1 is 1.17 bits per heavy atom. The fraction of sp³-hybridized carbons (Fsp3) is 0.370. The number of ether oxygens (including phenoxy) is 1. The lowest BCUT2D eigenvalue weighted by atomic mass is 9.78. The van der Waals surface area contributed by atoms with Crippen molar-refractivity contribution in [2.75, 3.05) is 7.11 Å². The van der Waals surface area contributed by atoms with Crippen LogP contribution in [0.25, 0.3) is 10.9 Å². The van der Waals surface area contributed by atoms with Crippen LogP contribution in [0.1, 0.15) is 37.1 Å². The standard InChI is InChI=1S/C27H31ClN4O4/c1-15(2)23(25(29)34)31-26(35)27(32-22(33)13-16-7-9-17(28)10-8-16)12-11-20-19(14-27)18-5-4-6-21(36-3)24(18)30-20/h4-10,15,23,30H,11-14H2,1-3H3,(H2,29,34)(H,31,35)(H,32,33)/t23-,27+/m0/s1. The average molecular weight is 511 g/mol. The molecule has 1 aliphatic carbocycles. The second-order valence-corrected chi connectivity index (χ2v) is 10.1. The minimum atomic E-state index is -1.25. The molecule has 0 spiro atoms. The number of rotatable bonds is 8. The van der Waals surface area contributed by atoms with Crippen LogP contribution in [0, 0.1) is 5.92 Å². The molecule has 3 aromatic rings. The number of H-pyrrole nitrogens is 1. The van der Waals surface area contributed by atoms with Crippen molar-refractivity contribution in [3.63, 3.8) is 0 Å². The van der Waals surface area contributed by atoms with E-state index in [-0.39, 0.29) is 24.7 Å². The molecule has 2 aromatic carbocycles. The van der Waals surface area contributed by atoms with E-state index in [4.69, 9.17) is 22.1 Å². The van der Waals surface area contributed by atoms with E-state index in [1.165, 1.54) is 0 Å². The molecular weight excluding hydrogens is 480 g/mol. The van der Waals surface area contributed by atoms with Crippen LogP contribution in [-0.4, -0.2) is 41.4 Å². The number of hydrogen-bond donors (Lipinski definition) is 4. The molecule has 8 nitrogen and oxygen atoms in total. The Hall–Kier alpha value is -3.52. The van der Waals surface area contributed by atoms with Gasteiger partial charge in [0.15, 0.2) is 0 Å². The molecule has 1 heterocycles. The summed E-state index contributed by atoms with van der Waals surface area (Å²) in [6.07, 6.45) is 1.24. The van der Waals surface area contributed by atoms with Gasteiger partial charge in [0.1, 0.15) is 17.3 Å². The quantitative estimate of drug-likeness (QED) is 0.371. The number of aromatic nitrogens is 1. The molecule has 0 radical (unpaired) electrons. The van der Waals surface area contributed by atoms with Crippen LogP contribution in [-0.2, 0) is 33.6 Å². The predicted molar refractivity (Wildman–Crippen MR) is 139 cm³/mol. The third-order valence-corrected chi connectivity index (χ3v) is 7.09. The van der Waals surface area contributed by atoms with Crippen LogP contribution in [0.5, 0.6) is 5.75 Å². The highest BCUT2D eigenvalue weighted by Crippen LogP contribution is 2.37. The summed E-state index contributed by atoms with van der Waals surface area (Å²) in [4.78, 5) is 42.5. The van der Waals surface area contributed by atoms with E-state index in [0.29, 0.717) is 23.6 Å². The normalized spacial score (nSPS) is 17.9. The van der Waals surface area contributed by atoms with Crippen molar-refractivity contribution in [2.45, 2.75) is 51.1 Å². The van der Waals surface area contributed by atoms with E-state index >= 15 is 0 Å². The SMILES string of the molecule is COc1cccc2c3c([nH]c12)CC[C@](NC(=O)Cc1ccc(Cl)cc1)(C(=O)N[C@H](C(N)=O)C(C)C)C3. The molecule has 3 amide bonds. The number of nitrogens with two attached hydrogens (primary N) is 1. The number of aromatic amines is 1. The zero-order chi connectivity index (χ0) is 26.0. The number of benzene rings is 2. The number of fused-ring (bicyclic) bond motifs is 3. The van der Waals surface area contributed by atoms with Gasteiger partial charge in [-0.2, -0.15) is 0 Å². The molecule has 36 heavy (non-hydrogen) atoms. The number of para-hydroxylation sites is 1. The van der Waals surface area contributed by atoms with Gasteiger partial charge in [0.25, 0.3) is 0 Å². The summed E-state index contributed by atoms with van der Waals surface area (Å²) in [6.45, 7) is 3.62. The minimum absolute atomic E-state index is 0.0875. The lowest BCUT2D eigenvalue weighted by molar-refractivity contribution is -0.136. The monoisotopic (exact) mass is 510 g/mol. The van der Waals surface area contributed by atoms with Crippen molar-refractivity contribution in [2.24, 2.45) is 11.7 Å². The highest BCUT2D eigenvalue weighted by atomic mass is 35.5. The third kappa shape index (κ3) is 5.04. The third-order valence-electron chi connectivity index (χ3n) is 6.84. The highest BCUT2D eigenvalue weighted by molar-refractivity contribution is 6.30. The van der Waals surface area contributed by atoms with E-state index in [1.54, 1.807) is 31.4 Å². The summed E-state index contributed by atoms with van der Waals surface area (Å²) >= 11 is 5.97. The molecule has 0 bridgehead atoms. The smallest absolute Gasteiger partial charge is 0.246 e. The Bertz CT molecular complexity index is 1300. The van der Waals surface area contributed by atoms with E-state index in [9.17, 15) is 14.4 Å². The molecular formula is C27H31ClN4O4. The Morgan fingerprint density at radius 2 is 1.89 bits per heavy atom. The molecule has 1 aromatic heterocycles. The lowest BCUT2D eigenvalue weighted by Gasteiger charge is -2.38. The van der Waals surface area contributed by atoms with E-state index in [0.717, 1.165) is 27.7 Å². The number of nitrogens with one attached hydrogen (secondary N) is 3. The predicted octanol–water partition coefficient (Wildman–Crippen LogP) is 3.04. The summed E-state index contributed by atoms with van der Waals surface area (Å²) in [5.74, 6) is -0.836. The Labute approximate surface area is 214 Å². The van der Waals surface area contributed by atoms with Crippen LogP contribution in [0.15, 0.2) is 42.5 Å². The fourth-order valence-corrected chi connectivity index (χ4v) is 5.04. The number of carbonyl (C=O) groups is 3. The van der Waals surface area contributed by atoms with Gasteiger partial charge in [0.05, 0.1) is 19.0 Å². The molecule has 2 atom stereocenters. The molecule has 0 saturated heterocycles. The van der Waals surface area contributed by atoms with Crippen molar-refractivity contribution in [3.05, 3.63) is 64.3 Å². The van der Waals surface area contributed by atoms with Crippen LogP contribution >= 0.6 is 11.6 Å². The van der Waals surface area contributed by atoms with Gasteiger partial charge in [-0.15, -0.1) is 0 Å². The molecule has 0 aliphatic heterocycles. The maximum atomic E-state index is 13.8. The van der Waals surface area contributed by atoms with Gasteiger partial charge < -0.3 is 26.1 Å². The van der Waals surface area contributed by atoms with Crippen LogP contribution in [0.3, 0.4) is 0 Å². The molecule has 5 N–H and O–H groups in total. The Kier molecular flexibility index (Phi) is 7.26. The molecule has 9 heteroatoms. The average Bonchev–Trinajstić information content (AvgIpc) is 3.21. The molecule has 0 saturated carbocycles. The summed E-state index contributed by atoms with van der Waals surface area (Å²) in [5, 5.41) is 7.35. The van der Waals surface area contributed by atoms with Crippen molar-refractivity contribution in [3.8, 4) is 5.75 Å². The largest absolute Gasteiger partial charge is 0.495 e. The van der Waals surface area contributed by atoms with Gasteiger partial charge in [-0.3, -0.25) is 14.4 Å². The second-order valence-electron chi connectivity index (χ2n) is 9.67. The number of primary amides is 1. The van der Waals surface area contributed by atoms with Crippen LogP contribution in [0.2, 0.25) is 5.02 Å². The van der Waals surface area contributed by atoms with E-state index in [2.05, 4.69) is 15.6 Å². The first-order valence-electron chi connectivity index (χ1n) is 12.0. The molecule has 4 rings (SSSR count). The van der Waals surface area contributed by atoms with Crippen molar-refractivity contribution >= 4 is 40.2 Å². The molecule has 0 fully saturated rings. The van der Waals surface area contributed by atoms with Crippen molar-refractivity contribution in [1.29, 1.82) is 0 Å². The van der Waals surface area contributed by atoms with Gasteiger partial charge in [-0.1, -0.05) is 49.7 Å². The zero-order valence-corrected chi connectivity index (χ0v) is 21.4.